The molecule has 4 nitrogen and oxygen atoms in total. The van der Waals surface area contributed by atoms with E-state index in [9.17, 15) is 4.79 Å². The number of rotatable bonds is 4. The molecule has 1 amide bonds. The number of nitrogens with zero attached hydrogens (tertiary/aromatic N) is 2. The van der Waals surface area contributed by atoms with Gasteiger partial charge in [-0.25, -0.2) is 4.98 Å². The number of aromatic nitrogens is 2. The zero-order chi connectivity index (χ0) is 13.0. The molecule has 0 aliphatic carbocycles. The molecule has 0 saturated heterocycles. The number of amides is 1. The average molecular weight is 261 g/mol. The van der Waals surface area contributed by atoms with E-state index in [1.807, 2.05) is 30.5 Å². The fourth-order valence-corrected chi connectivity index (χ4v) is 2.30. The monoisotopic (exact) mass is 261 g/mol. The van der Waals surface area contributed by atoms with Crippen LogP contribution in [0.5, 0.6) is 0 Å². The largest absolute Gasteiger partial charge is 0.347 e. The molecule has 1 aromatic heterocycles. The summed E-state index contributed by atoms with van der Waals surface area (Å²) in [6.07, 6.45) is 5.41. The summed E-state index contributed by atoms with van der Waals surface area (Å²) in [5.74, 6) is 0.795. The first-order chi connectivity index (χ1) is 8.72. The van der Waals surface area contributed by atoms with Crippen LogP contribution in [0, 0.1) is 0 Å². The molecule has 2 aromatic rings. The van der Waals surface area contributed by atoms with Gasteiger partial charge >= 0.3 is 0 Å². The number of hydrogen-bond acceptors (Lipinski definition) is 3. The lowest BCUT2D eigenvalue weighted by molar-refractivity contribution is 0.0778. The van der Waals surface area contributed by atoms with Crippen LogP contribution >= 0.6 is 11.8 Å². The van der Waals surface area contributed by atoms with Crippen molar-refractivity contribution < 1.29 is 4.79 Å². The van der Waals surface area contributed by atoms with Gasteiger partial charge in [-0.1, -0.05) is 12.1 Å². The number of carbonyl (C=O) groups is 1. The minimum Gasteiger partial charge on any atom is -0.347 e. The van der Waals surface area contributed by atoms with Crippen LogP contribution in [-0.2, 0) is 6.54 Å². The van der Waals surface area contributed by atoms with Gasteiger partial charge in [-0.2, -0.15) is 0 Å². The molecule has 0 bridgehead atoms. The van der Waals surface area contributed by atoms with Crippen LogP contribution in [0.1, 0.15) is 16.2 Å². The Morgan fingerprint density at radius 3 is 2.89 bits per heavy atom. The summed E-state index contributed by atoms with van der Waals surface area (Å²) >= 11 is 1.58. The van der Waals surface area contributed by atoms with Gasteiger partial charge in [-0.05, 0) is 18.4 Å². The second-order valence-electron chi connectivity index (χ2n) is 3.90. The lowest BCUT2D eigenvalue weighted by atomic mass is 10.2. The van der Waals surface area contributed by atoms with E-state index < -0.39 is 0 Å². The molecule has 94 valence electrons. The van der Waals surface area contributed by atoms with Crippen LogP contribution in [0.25, 0.3) is 0 Å². The molecule has 1 N–H and O–H groups in total. The normalized spacial score (nSPS) is 10.3. The fraction of sp³-hybridized carbons (Fsp3) is 0.231. The van der Waals surface area contributed by atoms with Crippen molar-refractivity contribution in [1.29, 1.82) is 0 Å². The van der Waals surface area contributed by atoms with Crippen molar-refractivity contribution >= 4 is 17.7 Å². The molecule has 5 heteroatoms. The summed E-state index contributed by atoms with van der Waals surface area (Å²) in [5.41, 5.74) is 0.735. The number of benzene rings is 1. The number of H-pyrrole nitrogens is 1. The summed E-state index contributed by atoms with van der Waals surface area (Å²) in [6, 6.07) is 7.63. The fourth-order valence-electron chi connectivity index (χ4n) is 1.71. The van der Waals surface area contributed by atoms with Gasteiger partial charge in [0.25, 0.3) is 5.91 Å². The van der Waals surface area contributed by atoms with Gasteiger partial charge in [-0.3, -0.25) is 4.79 Å². The first-order valence-electron chi connectivity index (χ1n) is 5.59. The molecule has 0 saturated carbocycles. The van der Waals surface area contributed by atoms with Crippen LogP contribution in [0.3, 0.4) is 0 Å². The first kappa shape index (κ1) is 12.7. The topological polar surface area (TPSA) is 49.0 Å². The average Bonchev–Trinajstić information content (AvgIpc) is 2.90. The van der Waals surface area contributed by atoms with Gasteiger partial charge in [0, 0.05) is 24.3 Å². The standard InChI is InChI=1S/C13H15N3OS/c1-16(9-12-14-7-8-15-12)13(17)10-5-3-4-6-11(10)18-2/h3-8H,9H2,1-2H3,(H,14,15). The molecule has 0 fully saturated rings. The number of hydrogen-bond donors (Lipinski definition) is 1. The van der Waals surface area contributed by atoms with E-state index in [2.05, 4.69) is 9.97 Å². The third kappa shape index (κ3) is 2.73. The molecule has 0 spiro atoms. The van der Waals surface area contributed by atoms with E-state index in [1.165, 1.54) is 0 Å². The highest BCUT2D eigenvalue weighted by atomic mass is 32.2. The van der Waals surface area contributed by atoms with E-state index in [4.69, 9.17) is 0 Å². The van der Waals surface area contributed by atoms with Crippen molar-refractivity contribution in [2.45, 2.75) is 11.4 Å². The minimum atomic E-state index is 0.0105. The van der Waals surface area contributed by atoms with Gasteiger partial charge in [-0.15, -0.1) is 11.8 Å². The number of carbonyl (C=O) groups excluding carboxylic acids is 1. The summed E-state index contributed by atoms with van der Waals surface area (Å²) in [5, 5.41) is 0. The Bertz CT molecular complexity index is 525. The van der Waals surface area contributed by atoms with Crippen LogP contribution in [0.2, 0.25) is 0 Å². The van der Waals surface area contributed by atoms with E-state index >= 15 is 0 Å². The molecular formula is C13H15N3OS. The Labute approximate surface area is 110 Å². The minimum absolute atomic E-state index is 0.0105. The smallest absolute Gasteiger partial charge is 0.255 e. The Morgan fingerprint density at radius 1 is 1.44 bits per heavy atom. The second-order valence-corrected chi connectivity index (χ2v) is 4.75. The zero-order valence-electron chi connectivity index (χ0n) is 10.4. The third-order valence-corrected chi connectivity index (χ3v) is 3.42. The number of nitrogens with one attached hydrogen (secondary N) is 1. The van der Waals surface area contributed by atoms with Crippen LogP contribution in [-0.4, -0.2) is 34.1 Å². The summed E-state index contributed by atoms with van der Waals surface area (Å²) < 4.78 is 0. The van der Waals surface area contributed by atoms with Crippen molar-refractivity contribution in [3.05, 3.63) is 48.0 Å². The van der Waals surface area contributed by atoms with Gasteiger partial charge in [0.15, 0.2) is 0 Å². The highest BCUT2D eigenvalue weighted by Crippen LogP contribution is 2.21. The van der Waals surface area contributed by atoms with Crippen LogP contribution in [0.15, 0.2) is 41.6 Å². The van der Waals surface area contributed by atoms with Gasteiger partial charge in [0.2, 0.25) is 0 Å². The Kier molecular flexibility index (Phi) is 4.04. The van der Waals surface area contributed by atoms with Crippen molar-refractivity contribution in [2.75, 3.05) is 13.3 Å². The van der Waals surface area contributed by atoms with Gasteiger partial charge in [0.05, 0.1) is 12.1 Å². The molecule has 1 aromatic carbocycles. The zero-order valence-corrected chi connectivity index (χ0v) is 11.2. The first-order valence-corrected chi connectivity index (χ1v) is 6.81. The predicted octanol–water partition coefficient (Wildman–Crippen LogP) is 2.40. The third-order valence-electron chi connectivity index (χ3n) is 2.63. The maximum Gasteiger partial charge on any atom is 0.255 e. The molecule has 0 aliphatic heterocycles. The van der Waals surface area contributed by atoms with Crippen LogP contribution in [0.4, 0.5) is 0 Å². The van der Waals surface area contributed by atoms with Gasteiger partial charge < -0.3 is 9.88 Å². The van der Waals surface area contributed by atoms with Crippen molar-refractivity contribution in [3.63, 3.8) is 0 Å². The lowest BCUT2D eigenvalue weighted by Crippen LogP contribution is -2.27. The van der Waals surface area contributed by atoms with E-state index in [0.29, 0.717) is 6.54 Å². The van der Waals surface area contributed by atoms with E-state index in [-0.39, 0.29) is 5.91 Å². The Morgan fingerprint density at radius 2 is 2.22 bits per heavy atom. The number of thioether (sulfide) groups is 1. The number of imidazole rings is 1. The van der Waals surface area contributed by atoms with E-state index in [0.717, 1.165) is 16.3 Å². The predicted molar refractivity (Wildman–Crippen MR) is 72.6 cm³/mol. The number of aromatic amines is 1. The molecule has 18 heavy (non-hydrogen) atoms. The maximum atomic E-state index is 12.3. The van der Waals surface area contributed by atoms with Crippen molar-refractivity contribution in [3.8, 4) is 0 Å². The van der Waals surface area contributed by atoms with E-state index in [1.54, 1.807) is 36.1 Å². The lowest BCUT2D eigenvalue weighted by Gasteiger charge is -2.17. The SMILES string of the molecule is CSc1ccccc1C(=O)N(C)Cc1ncc[nH]1. The van der Waals surface area contributed by atoms with Gasteiger partial charge in [0.1, 0.15) is 5.82 Å². The Balaban J connectivity index is 2.15. The second kappa shape index (κ2) is 5.73. The molecule has 0 radical (unpaired) electrons. The molecular weight excluding hydrogens is 246 g/mol. The highest BCUT2D eigenvalue weighted by molar-refractivity contribution is 7.98. The molecule has 0 aliphatic rings. The molecule has 0 unspecified atom stereocenters. The van der Waals surface area contributed by atoms with Crippen LogP contribution < -0.4 is 0 Å². The Hall–Kier alpha value is -1.75. The molecule has 2 rings (SSSR count). The maximum absolute atomic E-state index is 12.3. The summed E-state index contributed by atoms with van der Waals surface area (Å²) in [6.45, 7) is 0.481. The van der Waals surface area contributed by atoms with Crippen molar-refractivity contribution in [2.24, 2.45) is 0 Å². The van der Waals surface area contributed by atoms with Crippen molar-refractivity contribution in [1.82, 2.24) is 14.9 Å². The summed E-state index contributed by atoms with van der Waals surface area (Å²) in [4.78, 5) is 22.1. The highest BCUT2D eigenvalue weighted by Gasteiger charge is 2.15. The molecule has 1 heterocycles. The molecule has 0 atom stereocenters. The summed E-state index contributed by atoms with van der Waals surface area (Å²) in [7, 11) is 1.78. The quantitative estimate of drug-likeness (QED) is 0.860.